The molecule has 0 saturated carbocycles. The van der Waals surface area contributed by atoms with Crippen molar-refractivity contribution in [2.45, 2.75) is 44.2 Å². The third-order valence-corrected chi connectivity index (χ3v) is 6.96. The lowest BCUT2D eigenvalue weighted by molar-refractivity contribution is -0.0123. The normalized spacial score (nSPS) is 29.2. The molecule has 1 aliphatic carbocycles. The topological polar surface area (TPSA) is 32.7 Å². The number of benzene rings is 2. The first-order valence-corrected chi connectivity index (χ1v) is 9.67. The molecule has 2 aromatic rings. The average molecular weight is 351 g/mol. The highest BCUT2D eigenvalue weighted by Crippen LogP contribution is 2.49. The second-order valence-electron chi connectivity index (χ2n) is 8.20. The lowest BCUT2D eigenvalue weighted by atomic mass is 9.59. The van der Waals surface area contributed by atoms with E-state index in [0.29, 0.717) is 17.7 Å². The van der Waals surface area contributed by atoms with Crippen molar-refractivity contribution >= 4 is 0 Å². The summed E-state index contributed by atoms with van der Waals surface area (Å²) in [5.74, 6) is 0.945. The molecule has 1 heterocycles. The van der Waals surface area contributed by atoms with Gasteiger partial charge in [-0.25, -0.2) is 0 Å². The average Bonchev–Trinajstić information content (AvgIpc) is 2.65. The summed E-state index contributed by atoms with van der Waals surface area (Å²) >= 11 is 0. The molecule has 0 aromatic heterocycles. The number of likely N-dealkylation sites (tertiary alicyclic amines) is 1. The largest absolute Gasteiger partial charge is 0.508 e. The molecule has 0 amide bonds. The summed E-state index contributed by atoms with van der Waals surface area (Å²) in [6.45, 7) is 6.77. The van der Waals surface area contributed by atoms with E-state index >= 15 is 0 Å². The Balaban J connectivity index is 1.61. The predicted octanol–water partition coefficient (Wildman–Crippen LogP) is 4.30. The SMILES string of the molecule is CO[C@@H](CN1CC[C@@]2(C)c3cc(O)ccc3C[C@@H]1[C@@H]2C)c1ccccc1. The van der Waals surface area contributed by atoms with Gasteiger partial charge in [0, 0.05) is 19.7 Å². The minimum atomic E-state index is 0.106. The molecule has 3 nitrogen and oxygen atoms in total. The van der Waals surface area contributed by atoms with Crippen molar-refractivity contribution in [2.24, 2.45) is 5.92 Å². The summed E-state index contributed by atoms with van der Waals surface area (Å²) in [4.78, 5) is 2.63. The molecule has 1 aliphatic heterocycles. The molecule has 3 heteroatoms. The minimum absolute atomic E-state index is 0.106. The summed E-state index contributed by atoms with van der Waals surface area (Å²) < 4.78 is 5.85. The van der Waals surface area contributed by atoms with Gasteiger partial charge in [-0.05, 0) is 59.5 Å². The molecule has 26 heavy (non-hydrogen) atoms. The monoisotopic (exact) mass is 351 g/mol. The van der Waals surface area contributed by atoms with Gasteiger partial charge in [0.15, 0.2) is 0 Å². The van der Waals surface area contributed by atoms with Crippen molar-refractivity contribution in [3.8, 4) is 5.75 Å². The third kappa shape index (κ3) is 2.83. The maximum absolute atomic E-state index is 9.99. The van der Waals surface area contributed by atoms with Crippen molar-refractivity contribution in [1.29, 1.82) is 0 Å². The predicted molar refractivity (Wildman–Crippen MR) is 104 cm³/mol. The van der Waals surface area contributed by atoms with E-state index < -0.39 is 0 Å². The number of piperidine rings is 1. The van der Waals surface area contributed by atoms with Crippen LogP contribution in [0.1, 0.15) is 43.1 Å². The fraction of sp³-hybridized carbons (Fsp3) is 0.478. The molecular formula is C23H29NO2. The first kappa shape index (κ1) is 17.6. The van der Waals surface area contributed by atoms with Crippen LogP contribution in [-0.2, 0) is 16.6 Å². The minimum Gasteiger partial charge on any atom is -0.508 e. The zero-order valence-electron chi connectivity index (χ0n) is 16.0. The van der Waals surface area contributed by atoms with Gasteiger partial charge in [-0.2, -0.15) is 0 Å². The van der Waals surface area contributed by atoms with Crippen LogP contribution in [0.25, 0.3) is 0 Å². The van der Waals surface area contributed by atoms with E-state index in [1.807, 2.05) is 19.2 Å². The van der Waals surface area contributed by atoms with Crippen LogP contribution in [-0.4, -0.2) is 36.2 Å². The van der Waals surface area contributed by atoms with Crippen LogP contribution in [0.3, 0.4) is 0 Å². The molecule has 0 spiro atoms. The van der Waals surface area contributed by atoms with Crippen LogP contribution >= 0.6 is 0 Å². The van der Waals surface area contributed by atoms with Gasteiger partial charge in [-0.3, -0.25) is 4.90 Å². The van der Waals surface area contributed by atoms with Gasteiger partial charge in [0.2, 0.25) is 0 Å². The highest BCUT2D eigenvalue weighted by atomic mass is 16.5. The van der Waals surface area contributed by atoms with Gasteiger partial charge in [0.05, 0.1) is 6.10 Å². The van der Waals surface area contributed by atoms with Gasteiger partial charge >= 0.3 is 0 Å². The molecule has 0 radical (unpaired) electrons. The van der Waals surface area contributed by atoms with Crippen molar-refractivity contribution < 1.29 is 9.84 Å². The van der Waals surface area contributed by atoms with Gasteiger partial charge in [0.1, 0.15) is 5.75 Å². The fourth-order valence-corrected chi connectivity index (χ4v) is 5.12. The number of rotatable bonds is 4. The Morgan fingerprint density at radius 3 is 2.73 bits per heavy atom. The zero-order chi connectivity index (χ0) is 18.3. The van der Waals surface area contributed by atoms with Gasteiger partial charge in [-0.1, -0.05) is 50.2 Å². The Morgan fingerprint density at radius 2 is 2.00 bits per heavy atom. The molecule has 0 unspecified atom stereocenters. The number of phenols is 1. The van der Waals surface area contributed by atoms with Gasteiger partial charge in [0.25, 0.3) is 0 Å². The smallest absolute Gasteiger partial charge is 0.115 e. The van der Waals surface area contributed by atoms with Crippen LogP contribution in [0.4, 0.5) is 0 Å². The molecular weight excluding hydrogens is 322 g/mol. The van der Waals surface area contributed by atoms with Crippen LogP contribution in [0, 0.1) is 5.92 Å². The van der Waals surface area contributed by atoms with E-state index in [9.17, 15) is 5.11 Å². The van der Waals surface area contributed by atoms with Gasteiger partial charge in [-0.15, -0.1) is 0 Å². The molecule has 2 aliphatic rings. The quantitative estimate of drug-likeness (QED) is 0.891. The standard InChI is InChI=1S/C23H29NO2/c1-16-21-13-18-9-10-19(25)14-20(18)23(16,2)11-12-24(21)15-22(26-3)17-7-5-4-6-8-17/h4-10,14,16,21-22,25H,11-13,15H2,1-3H3/t16-,21+,22-,23+/m0/s1. The van der Waals surface area contributed by atoms with Gasteiger partial charge < -0.3 is 9.84 Å². The number of methoxy groups -OCH3 is 1. The van der Waals surface area contributed by atoms with Crippen molar-refractivity contribution in [2.75, 3.05) is 20.2 Å². The third-order valence-electron chi connectivity index (χ3n) is 6.96. The maximum Gasteiger partial charge on any atom is 0.115 e. The summed E-state index contributed by atoms with van der Waals surface area (Å²) in [6.07, 6.45) is 2.28. The number of hydrogen-bond acceptors (Lipinski definition) is 3. The van der Waals surface area contributed by atoms with E-state index in [4.69, 9.17) is 4.74 Å². The Hall–Kier alpha value is -1.84. The number of phenolic OH excluding ortho intramolecular Hbond substituents is 1. The van der Waals surface area contributed by atoms with Crippen LogP contribution in [0.2, 0.25) is 0 Å². The van der Waals surface area contributed by atoms with Crippen molar-refractivity contribution in [3.63, 3.8) is 0 Å². The summed E-state index contributed by atoms with van der Waals surface area (Å²) in [5.41, 5.74) is 4.14. The number of aromatic hydroxyl groups is 1. The zero-order valence-corrected chi connectivity index (χ0v) is 16.0. The lowest BCUT2D eigenvalue weighted by Gasteiger charge is -2.55. The first-order chi connectivity index (χ1) is 12.5. The second kappa shape index (κ2) is 6.71. The summed E-state index contributed by atoms with van der Waals surface area (Å²) in [5, 5.41) is 9.99. The van der Waals surface area contributed by atoms with Crippen molar-refractivity contribution in [3.05, 3.63) is 65.2 Å². The van der Waals surface area contributed by atoms with E-state index in [0.717, 1.165) is 25.9 Å². The van der Waals surface area contributed by atoms with Crippen LogP contribution in [0.5, 0.6) is 5.75 Å². The van der Waals surface area contributed by atoms with Crippen molar-refractivity contribution in [1.82, 2.24) is 4.90 Å². The maximum atomic E-state index is 9.99. The Morgan fingerprint density at radius 1 is 1.23 bits per heavy atom. The second-order valence-corrected chi connectivity index (χ2v) is 8.20. The molecule has 1 N–H and O–H groups in total. The Kier molecular flexibility index (Phi) is 4.54. The summed E-state index contributed by atoms with van der Waals surface area (Å²) in [6, 6.07) is 17.0. The molecule has 1 fully saturated rings. The van der Waals surface area contributed by atoms with E-state index in [2.05, 4.69) is 55.1 Å². The molecule has 1 saturated heterocycles. The summed E-state index contributed by atoms with van der Waals surface area (Å²) in [7, 11) is 1.81. The number of fused-ring (bicyclic) bond motifs is 4. The highest BCUT2D eigenvalue weighted by Gasteiger charge is 2.48. The Bertz CT molecular complexity index is 775. The van der Waals surface area contributed by atoms with Crippen LogP contribution in [0.15, 0.2) is 48.5 Å². The number of hydrogen-bond donors (Lipinski definition) is 1. The van der Waals surface area contributed by atoms with Crippen LogP contribution < -0.4 is 0 Å². The fourth-order valence-electron chi connectivity index (χ4n) is 5.12. The van der Waals surface area contributed by atoms with E-state index in [1.165, 1.54) is 16.7 Å². The molecule has 4 atom stereocenters. The van der Waals surface area contributed by atoms with E-state index in [1.54, 1.807) is 0 Å². The number of ether oxygens (including phenoxy) is 1. The highest BCUT2D eigenvalue weighted by molar-refractivity contribution is 5.44. The molecule has 2 bridgehead atoms. The molecule has 138 valence electrons. The number of nitrogens with zero attached hydrogens (tertiary/aromatic N) is 1. The molecule has 4 rings (SSSR count). The molecule has 2 aromatic carbocycles. The lowest BCUT2D eigenvalue weighted by Crippen LogP contribution is -2.58. The first-order valence-electron chi connectivity index (χ1n) is 9.67. The van der Waals surface area contributed by atoms with E-state index in [-0.39, 0.29) is 11.5 Å². The Labute approximate surface area is 156 Å².